The van der Waals surface area contributed by atoms with Gasteiger partial charge in [0, 0.05) is 12.0 Å². The summed E-state index contributed by atoms with van der Waals surface area (Å²) in [6.45, 7) is 3.83. The maximum Gasteiger partial charge on any atom is 0.327 e. The molecule has 1 unspecified atom stereocenters. The molecule has 0 amide bonds. The molecule has 0 aromatic carbocycles. The Balaban J connectivity index is 2.38. The number of rotatable bonds is 5. The predicted octanol–water partition coefficient (Wildman–Crippen LogP) is 2.32. The Labute approximate surface area is 81.4 Å². The van der Waals surface area contributed by atoms with Crippen LogP contribution in [0, 0.1) is 5.51 Å². The quantitative estimate of drug-likeness (QED) is 0.714. The molecule has 0 saturated heterocycles. The minimum absolute atomic E-state index is 0.216. The van der Waals surface area contributed by atoms with E-state index in [9.17, 15) is 4.57 Å². The molecule has 0 spiro atoms. The van der Waals surface area contributed by atoms with Gasteiger partial charge in [-0.25, -0.2) is 4.98 Å². The molecule has 0 N–H and O–H groups in total. The highest BCUT2D eigenvalue weighted by atomic mass is 32.1. The molecule has 0 bridgehead atoms. The van der Waals surface area contributed by atoms with Gasteiger partial charge in [-0.3, -0.25) is 4.57 Å². The van der Waals surface area contributed by atoms with Crippen LogP contribution in [0.1, 0.15) is 12.6 Å². The first-order valence-electron chi connectivity index (χ1n) is 3.81. The SMILES string of the molecule is CCOP(C)(=O)OCc1cs[c]n1. The van der Waals surface area contributed by atoms with Crippen molar-refractivity contribution in [1.29, 1.82) is 0 Å². The number of aromatic nitrogens is 1. The van der Waals surface area contributed by atoms with Crippen LogP contribution in [0.3, 0.4) is 0 Å². The Morgan fingerprint density at radius 3 is 3.00 bits per heavy atom. The summed E-state index contributed by atoms with van der Waals surface area (Å²) in [4.78, 5) is 3.87. The maximum atomic E-state index is 11.4. The summed E-state index contributed by atoms with van der Waals surface area (Å²) in [5.74, 6) is 0. The normalized spacial score (nSPS) is 15.5. The van der Waals surface area contributed by atoms with Crippen LogP contribution in [-0.4, -0.2) is 18.3 Å². The van der Waals surface area contributed by atoms with Gasteiger partial charge in [0.25, 0.3) is 0 Å². The fraction of sp³-hybridized carbons (Fsp3) is 0.571. The van der Waals surface area contributed by atoms with E-state index in [0.717, 1.165) is 5.69 Å². The molecular weight excluding hydrogens is 209 g/mol. The molecule has 13 heavy (non-hydrogen) atoms. The van der Waals surface area contributed by atoms with Crippen LogP contribution in [0.4, 0.5) is 0 Å². The van der Waals surface area contributed by atoms with E-state index in [1.165, 1.54) is 18.0 Å². The average Bonchev–Trinajstić information content (AvgIpc) is 2.52. The van der Waals surface area contributed by atoms with Crippen molar-refractivity contribution >= 4 is 18.9 Å². The topological polar surface area (TPSA) is 48.4 Å². The van der Waals surface area contributed by atoms with E-state index >= 15 is 0 Å². The lowest BCUT2D eigenvalue weighted by atomic mass is 10.5. The number of hydrogen-bond acceptors (Lipinski definition) is 5. The largest absolute Gasteiger partial charge is 0.327 e. The van der Waals surface area contributed by atoms with E-state index in [4.69, 9.17) is 9.05 Å². The highest BCUT2D eigenvalue weighted by Crippen LogP contribution is 2.44. The van der Waals surface area contributed by atoms with Crippen LogP contribution < -0.4 is 0 Å². The maximum absolute atomic E-state index is 11.4. The van der Waals surface area contributed by atoms with Gasteiger partial charge in [-0.2, -0.15) is 0 Å². The lowest BCUT2D eigenvalue weighted by molar-refractivity contribution is 0.208. The predicted molar refractivity (Wildman–Crippen MR) is 50.9 cm³/mol. The van der Waals surface area contributed by atoms with Crippen LogP contribution >= 0.6 is 18.9 Å². The van der Waals surface area contributed by atoms with Crippen LogP contribution in [0.2, 0.25) is 0 Å². The molecule has 1 radical (unpaired) electrons. The van der Waals surface area contributed by atoms with Crippen molar-refractivity contribution in [2.24, 2.45) is 0 Å². The third-order valence-corrected chi connectivity index (χ3v) is 3.16. The smallest absolute Gasteiger partial charge is 0.309 e. The van der Waals surface area contributed by atoms with Gasteiger partial charge >= 0.3 is 7.60 Å². The van der Waals surface area contributed by atoms with E-state index in [-0.39, 0.29) is 6.61 Å². The minimum atomic E-state index is -2.88. The van der Waals surface area contributed by atoms with Crippen LogP contribution in [0.15, 0.2) is 5.38 Å². The van der Waals surface area contributed by atoms with Crippen LogP contribution in [0.25, 0.3) is 0 Å². The van der Waals surface area contributed by atoms with Crippen molar-refractivity contribution in [3.05, 3.63) is 16.6 Å². The second-order valence-corrected chi connectivity index (χ2v) is 5.11. The van der Waals surface area contributed by atoms with Gasteiger partial charge in [-0.15, -0.1) is 11.3 Å². The van der Waals surface area contributed by atoms with E-state index in [2.05, 4.69) is 10.5 Å². The molecule has 1 atom stereocenters. The monoisotopic (exact) mass is 220 g/mol. The summed E-state index contributed by atoms with van der Waals surface area (Å²) in [6.07, 6.45) is 0. The molecule has 0 aliphatic carbocycles. The van der Waals surface area contributed by atoms with E-state index in [0.29, 0.717) is 6.61 Å². The van der Waals surface area contributed by atoms with E-state index < -0.39 is 7.60 Å². The third-order valence-electron chi connectivity index (χ3n) is 1.25. The lowest BCUT2D eigenvalue weighted by Gasteiger charge is -2.11. The molecule has 0 fully saturated rings. The molecule has 1 aromatic heterocycles. The second kappa shape index (κ2) is 4.86. The molecule has 0 aliphatic heterocycles. The Morgan fingerprint density at radius 2 is 2.46 bits per heavy atom. The van der Waals surface area contributed by atoms with E-state index in [1.807, 2.05) is 0 Å². The average molecular weight is 220 g/mol. The van der Waals surface area contributed by atoms with Crippen molar-refractivity contribution in [2.75, 3.05) is 13.3 Å². The van der Waals surface area contributed by atoms with Crippen molar-refractivity contribution in [3.63, 3.8) is 0 Å². The Kier molecular flexibility index (Phi) is 4.06. The lowest BCUT2D eigenvalue weighted by Crippen LogP contribution is -1.95. The van der Waals surface area contributed by atoms with Gasteiger partial charge in [0.15, 0.2) is 5.51 Å². The van der Waals surface area contributed by atoms with Crippen molar-refractivity contribution in [1.82, 2.24) is 4.98 Å². The van der Waals surface area contributed by atoms with Crippen molar-refractivity contribution in [2.45, 2.75) is 13.5 Å². The number of nitrogens with zero attached hydrogens (tertiary/aromatic N) is 1. The summed E-state index contributed by atoms with van der Waals surface area (Å²) in [5, 5.41) is 1.80. The van der Waals surface area contributed by atoms with Gasteiger partial charge in [-0.1, -0.05) is 0 Å². The summed E-state index contributed by atoms with van der Waals surface area (Å²) in [5.41, 5.74) is 3.41. The minimum Gasteiger partial charge on any atom is -0.309 e. The molecule has 1 rings (SSSR count). The summed E-state index contributed by atoms with van der Waals surface area (Å²) in [7, 11) is -2.88. The highest BCUT2D eigenvalue weighted by molar-refractivity contribution is 7.52. The molecule has 0 aliphatic rings. The third kappa shape index (κ3) is 4.00. The van der Waals surface area contributed by atoms with Crippen molar-refractivity contribution < 1.29 is 13.6 Å². The Hall–Kier alpha value is -0.220. The number of hydrogen-bond donors (Lipinski definition) is 0. The molecule has 1 aromatic rings. The second-order valence-electron chi connectivity index (χ2n) is 2.39. The van der Waals surface area contributed by atoms with Gasteiger partial charge in [0.2, 0.25) is 0 Å². The van der Waals surface area contributed by atoms with Gasteiger partial charge in [-0.05, 0) is 6.92 Å². The first-order valence-corrected chi connectivity index (χ1v) is 6.68. The van der Waals surface area contributed by atoms with Gasteiger partial charge in [0.05, 0.1) is 18.9 Å². The van der Waals surface area contributed by atoms with Gasteiger partial charge in [0.1, 0.15) is 0 Å². The van der Waals surface area contributed by atoms with Gasteiger partial charge < -0.3 is 9.05 Å². The Bertz CT molecular complexity index is 288. The summed E-state index contributed by atoms with van der Waals surface area (Å²) in [6, 6.07) is 0. The fourth-order valence-corrected chi connectivity index (χ4v) is 2.12. The first kappa shape index (κ1) is 10.9. The number of thiazole rings is 1. The molecule has 1 heterocycles. The Morgan fingerprint density at radius 1 is 1.69 bits per heavy atom. The van der Waals surface area contributed by atoms with E-state index in [1.54, 1.807) is 12.3 Å². The zero-order valence-electron chi connectivity index (χ0n) is 7.52. The van der Waals surface area contributed by atoms with Crippen molar-refractivity contribution in [3.8, 4) is 0 Å². The molecule has 6 heteroatoms. The fourth-order valence-electron chi connectivity index (χ4n) is 0.727. The zero-order chi connectivity index (χ0) is 9.73. The van der Waals surface area contributed by atoms with Crippen LogP contribution in [0.5, 0.6) is 0 Å². The standard InChI is InChI=1S/C7H11NO3PS/c1-3-10-12(2,9)11-4-7-5-13-6-8-7/h5H,3-4H2,1-2H3. The van der Waals surface area contributed by atoms with Crippen LogP contribution in [-0.2, 0) is 20.2 Å². The summed E-state index contributed by atoms with van der Waals surface area (Å²) < 4.78 is 21.4. The molecular formula is C7H11NO3PS. The highest BCUT2D eigenvalue weighted by Gasteiger charge is 2.15. The first-order chi connectivity index (χ1) is 6.14. The zero-order valence-corrected chi connectivity index (χ0v) is 9.23. The molecule has 4 nitrogen and oxygen atoms in total. The molecule has 73 valence electrons. The summed E-state index contributed by atoms with van der Waals surface area (Å²) >= 11 is 1.36. The molecule has 0 saturated carbocycles.